The number of amides is 2. The van der Waals surface area contributed by atoms with Crippen molar-refractivity contribution in [2.24, 2.45) is 5.73 Å². The zero-order valence-corrected chi connectivity index (χ0v) is 28.6. The molecule has 0 saturated heterocycles. The summed E-state index contributed by atoms with van der Waals surface area (Å²) >= 11 is 12.2. The Morgan fingerprint density at radius 1 is 1.00 bits per heavy atom. The number of halogens is 2. The minimum atomic E-state index is -5.64. The van der Waals surface area contributed by atoms with Crippen LogP contribution in [0, 0.1) is 0 Å². The Morgan fingerprint density at radius 3 is 1.93 bits per heavy atom. The summed E-state index contributed by atoms with van der Waals surface area (Å²) in [5, 5.41) is 9.68. The van der Waals surface area contributed by atoms with Gasteiger partial charge in [-0.15, -0.1) is 23.2 Å². The summed E-state index contributed by atoms with van der Waals surface area (Å²) in [6, 6.07) is 5.89. The fourth-order valence-electron chi connectivity index (χ4n) is 5.45. The molecule has 1 aliphatic rings. The average molecular weight is 706 g/mol. The second kappa shape index (κ2) is 15.2. The zero-order valence-electron chi connectivity index (χ0n) is 25.3. The molecule has 17 heteroatoms. The van der Waals surface area contributed by atoms with Crippen molar-refractivity contribution >= 4 is 56.1 Å². The predicted molar refractivity (Wildman–Crippen MR) is 170 cm³/mol. The first-order chi connectivity index (χ1) is 20.2. The van der Waals surface area contributed by atoms with Crippen molar-refractivity contribution < 1.29 is 48.1 Å². The van der Waals surface area contributed by atoms with Gasteiger partial charge in [0.05, 0.1) is 17.8 Å². The molecule has 1 atom stereocenters. The van der Waals surface area contributed by atoms with Crippen LogP contribution in [-0.2, 0) is 25.1 Å². The van der Waals surface area contributed by atoms with Gasteiger partial charge in [-0.25, -0.2) is 0 Å². The summed E-state index contributed by atoms with van der Waals surface area (Å²) in [4.78, 5) is 64.8. The van der Waals surface area contributed by atoms with Gasteiger partial charge in [0.1, 0.15) is 24.4 Å². The van der Waals surface area contributed by atoms with Crippen molar-refractivity contribution in [2.45, 2.75) is 94.4 Å². The third kappa shape index (κ3) is 9.72. The van der Waals surface area contributed by atoms with Crippen LogP contribution in [0.1, 0.15) is 71.3 Å². The Morgan fingerprint density at radius 2 is 1.50 bits per heavy atom. The molecule has 44 heavy (non-hydrogen) atoms. The van der Waals surface area contributed by atoms with Gasteiger partial charge in [0, 0.05) is 24.1 Å². The van der Waals surface area contributed by atoms with E-state index >= 15 is 0 Å². The van der Waals surface area contributed by atoms with E-state index in [0.29, 0.717) is 36.9 Å². The minimum absolute atomic E-state index is 0.106. The quantitative estimate of drug-likeness (QED) is 0.0838. The summed E-state index contributed by atoms with van der Waals surface area (Å²) < 4.78 is 29.2. The topological polar surface area (TPSA) is 217 Å². The van der Waals surface area contributed by atoms with E-state index in [1.807, 2.05) is 0 Å². The molecule has 1 fully saturated rings. The predicted octanol–water partition coefficient (Wildman–Crippen LogP) is 3.88. The molecule has 0 radical (unpaired) electrons. The summed E-state index contributed by atoms with van der Waals surface area (Å²) in [6.07, 6.45) is 1.31. The monoisotopic (exact) mass is 704 g/mol. The highest BCUT2D eigenvalue weighted by molar-refractivity contribution is 7.72. The number of nitrogens with two attached hydrogens (primary N) is 1. The first-order valence-electron chi connectivity index (χ1n) is 14.4. The number of hydrogen-bond donors (Lipinski definition) is 7. The van der Waals surface area contributed by atoms with Crippen molar-refractivity contribution in [1.29, 1.82) is 0 Å². The Labute approximate surface area is 268 Å². The lowest BCUT2D eigenvalue weighted by Gasteiger charge is -2.41. The zero-order chi connectivity index (χ0) is 33.6. The molecule has 1 aromatic rings. The fraction of sp³-hybridized carbons (Fsp3) is 0.704. The molecule has 0 heterocycles. The van der Waals surface area contributed by atoms with Gasteiger partial charge in [-0.3, -0.25) is 13.9 Å². The van der Waals surface area contributed by atoms with E-state index in [0.717, 1.165) is 6.42 Å². The van der Waals surface area contributed by atoms with E-state index in [1.54, 1.807) is 45.0 Å². The smallest absolute Gasteiger partial charge is 0.414 e. The molecule has 0 bridgehead atoms. The van der Waals surface area contributed by atoms with Gasteiger partial charge >= 0.3 is 21.3 Å². The number of rotatable bonds is 14. The Balaban J connectivity index is 2.24. The lowest BCUT2D eigenvalue weighted by atomic mass is 9.78. The molecule has 2 amide bonds. The molecule has 8 N–H and O–H groups in total. The molecule has 0 spiro atoms. The van der Waals surface area contributed by atoms with Crippen LogP contribution in [0.25, 0.3) is 0 Å². The fourth-order valence-corrected chi connectivity index (χ4v) is 8.19. The molecule has 0 unspecified atom stereocenters. The molecule has 0 aliphatic heterocycles. The molecule has 1 saturated carbocycles. The Kier molecular flexibility index (Phi) is 13.5. The van der Waals surface area contributed by atoms with E-state index in [1.165, 1.54) is 0 Å². The molecular weight excluding hydrogens is 659 g/mol. The maximum Gasteiger partial charge on any atom is 0.521 e. The van der Waals surface area contributed by atoms with Gasteiger partial charge in [-0.05, 0) is 52.0 Å². The third-order valence-electron chi connectivity index (χ3n) is 7.97. The van der Waals surface area contributed by atoms with E-state index in [-0.39, 0.29) is 42.2 Å². The van der Waals surface area contributed by atoms with Gasteiger partial charge in [0.2, 0.25) is 5.91 Å². The molecule has 0 aromatic heterocycles. The molecule has 1 aliphatic carbocycles. The van der Waals surface area contributed by atoms with Crippen molar-refractivity contribution in [3.63, 3.8) is 0 Å². The van der Waals surface area contributed by atoms with Crippen molar-refractivity contribution in [1.82, 2.24) is 9.80 Å². The number of benzene rings is 1. The highest BCUT2D eigenvalue weighted by Gasteiger charge is 2.59. The van der Waals surface area contributed by atoms with E-state index < -0.39 is 55.9 Å². The molecule has 2 rings (SSSR count). The number of carbonyl (C=O) groups is 2. The van der Waals surface area contributed by atoms with Crippen molar-refractivity contribution in [2.75, 3.05) is 24.8 Å². The second-order valence-electron chi connectivity index (χ2n) is 12.4. The van der Waals surface area contributed by atoms with Crippen LogP contribution >= 0.6 is 38.4 Å². The number of quaternary nitrogens is 1. The van der Waals surface area contributed by atoms with Gasteiger partial charge in [0.15, 0.2) is 0 Å². The number of nitrogens with one attached hydrogen (secondary N) is 1. The highest BCUT2D eigenvalue weighted by Crippen LogP contribution is 2.69. The number of alkyl halides is 2. The first-order valence-corrected chi connectivity index (χ1v) is 18.7. The molecule has 1 aromatic carbocycles. The minimum Gasteiger partial charge on any atom is -0.414 e. The van der Waals surface area contributed by atoms with E-state index in [4.69, 9.17) is 33.7 Å². The summed E-state index contributed by atoms with van der Waals surface area (Å²) in [7, 11) is -11.3. The standard InChI is InChI=1S/C27H45Cl2N3O10P2/c1-25(2,3)42-24(34)32(17-15-28,18-16-29)21-9-7-20(8-10-21)19-22(30)23(33)31-26(11-5-4-6-12-26)13-14-27(35,43(36,37)38)44(39,40)41/h7-10,22,35H,4-6,11-19,30H2,1-3H3,(H4-,31,33,36,37,38,39,40,41)/p+1/t22-/m0/s1. The van der Waals surface area contributed by atoms with Gasteiger partial charge in [-0.2, -0.15) is 9.28 Å². The summed E-state index contributed by atoms with van der Waals surface area (Å²) in [6.45, 7) is 5.79. The van der Waals surface area contributed by atoms with E-state index in [2.05, 4.69) is 5.32 Å². The lowest BCUT2D eigenvalue weighted by molar-refractivity contribution is -0.125. The summed E-state index contributed by atoms with van der Waals surface area (Å²) in [5.74, 6) is -0.218. The van der Waals surface area contributed by atoms with Crippen LogP contribution in [0.2, 0.25) is 0 Å². The summed E-state index contributed by atoms with van der Waals surface area (Å²) in [5.41, 5.74) is 5.74. The van der Waals surface area contributed by atoms with Crippen LogP contribution in [0.3, 0.4) is 0 Å². The normalized spacial score (nSPS) is 17.2. The number of nitrogens with zero attached hydrogens (tertiary/aromatic N) is 1. The van der Waals surface area contributed by atoms with Gasteiger partial charge < -0.3 is 40.5 Å². The second-order valence-corrected chi connectivity index (χ2v) is 17.2. The molecule has 13 nitrogen and oxygen atoms in total. The lowest BCUT2D eigenvalue weighted by Crippen LogP contribution is -2.58. The number of ether oxygens (including phenoxy) is 1. The Hall–Kier alpha value is -1.08. The first kappa shape index (κ1) is 39.1. The Bertz CT molecular complexity index is 1200. The SMILES string of the molecule is CC(C)(C)OC(=O)[N+](CCCl)(CCCl)c1ccc(C[C@H](N)C(=O)NC2(CCC(O)(P(=O)(O)O)P(=O)(O)O)CCCCC2)cc1. The van der Waals surface area contributed by atoms with Crippen LogP contribution in [0.15, 0.2) is 24.3 Å². The van der Waals surface area contributed by atoms with Crippen molar-refractivity contribution in [3.8, 4) is 0 Å². The molecule has 252 valence electrons. The van der Waals surface area contributed by atoms with Gasteiger partial charge in [-0.1, -0.05) is 31.4 Å². The van der Waals surface area contributed by atoms with Crippen LogP contribution in [0.4, 0.5) is 10.5 Å². The molecular formula is C27H46Cl2N3O10P2+. The van der Waals surface area contributed by atoms with Crippen LogP contribution in [0.5, 0.6) is 0 Å². The van der Waals surface area contributed by atoms with E-state index in [9.17, 15) is 43.4 Å². The average Bonchev–Trinajstić information content (AvgIpc) is 2.90. The van der Waals surface area contributed by atoms with Gasteiger partial charge in [0.25, 0.3) is 5.08 Å². The number of aliphatic hydroxyl groups is 1. The van der Waals surface area contributed by atoms with Crippen LogP contribution < -0.4 is 15.5 Å². The van der Waals surface area contributed by atoms with Crippen molar-refractivity contribution in [3.05, 3.63) is 29.8 Å². The maximum absolute atomic E-state index is 13.3. The largest absolute Gasteiger partial charge is 0.521 e. The number of hydrogen-bond acceptors (Lipinski definition) is 7. The number of carbonyl (C=O) groups excluding carboxylic acids is 2. The third-order valence-corrected chi connectivity index (χ3v) is 12.2. The maximum atomic E-state index is 13.3. The van der Waals surface area contributed by atoms with Crippen LogP contribution in [-0.4, -0.2) is 83.8 Å². The highest BCUT2D eigenvalue weighted by atomic mass is 35.5.